The molecule has 5 heteroatoms. The van der Waals surface area contributed by atoms with Gasteiger partial charge in [0.05, 0.1) is 0 Å². The predicted molar refractivity (Wildman–Crippen MR) is 94.5 cm³/mol. The van der Waals surface area contributed by atoms with Crippen LogP contribution in [0.1, 0.15) is 18.9 Å². The summed E-state index contributed by atoms with van der Waals surface area (Å²) in [6.07, 6.45) is 1.99. The van der Waals surface area contributed by atoms with E-state index in [1.54, 1.807) is 0 Å². The third-order valence-corrected chi connectivity index (χ3v) is 3.92. The molecular formula is C18H20F2N2S. The lowest BCUT2D eigenvalue weighted by Gasteiger charge is -2.18. The van der Waals surface area contributed by atoms with Crippen LogP contribution >= 0.6 is 12.2 Å². The maximum atomic E-state index is 13.2. The molecule has 2 N–H and O–H groups in total. The van der Waals surface area contributed by atoms with Crippen molar-refractivity contribution in [2.24, 2.45) is 5.92 Å². The molecule has 2 aromatic rings. The second-order valence-corrected chi connectivity index (χ2v) is 5.84. The summed E-state index contributed by atoms with van der Waals surface area (Å²) in [5, 5.41) is 6.41. The molecule has 2 aromatic carbocycles. The molecular weight excluding hydrogens is 314 g/mol. The average molecular weight is 334 g/mol. The molecule has 0 saturated heterocycles. The molecule has 0 bridgehead atoms. The summed E-state index contributed by atoms with van der Waals surface area (Å²) in [6, 6.07) is 13.9. The van der Waals surface area contributed by atoms with E-state index in [4.69, 9.17) is 12.2 Å². The van der Waals surface area contributed by atoms with E-state index in [1.165, 1.54) is 11.6 Å². The van der Waals surface area contributed by atoms with Crippen molar-refractivity contribution in [2.45, 2.75) is 19.8 Å². The Kier molecular flexibility index (Phi) is 6.47. The summed E-state index contributed by atoms with van der Waals surface area (Å²) in [4.78, 5) is 0. The Labute approximate surface area is 140 Å². The number of rotatable bonds is 6. The van der Waals surface area contributed by atoms with Crippen LogP contribution in [0.2, 0.25) is 0 Å². The van der Waals surface area contributed by atoms with Crippen molar-refractivity contribution in [3.63, 3.8) is 0 Å². The monoisotopic (exact) mass is 334 g/mol. The van der Waals surface area contributed by atoms with E-state index in [1.807, 2.05) is 18.2 Å². The minimum Gasteiger partial charge on any atom is -0.362 e. The van der Waals surface area contributed by atoms with Gasteiger partial charge in [0.15, 0.2) is 16.7 Å². The van der Waals surface area contributed by atoms with Gasteiger partial charge >= 0.3 is 0 Å². The number of hydrogen-bond donors (Lipinski definition) is 2. The van der Waals surface area contributed by atoms with Gasteiger partial charge in [0.2, 0.25) is 0 Å². The van der Waals surface area contributed by atoms with Gasteiger partial charge in [-0.25, -0.2) is 8.78 Å². The summed E-state index contributed by atoms with van der Waals surface area (Å²) >= 11 is 5.20. The molecule has 0 amide bonds. The lowest BCUT2D eigenvalue weighted by molar-refractivity contribution is 0.498. The molecule has 0 saturated carbocycles. The molecule has 23 heavy (non-hydrogen) atoms. The van der Waals surface area contributed by atoms with Gasteiger partial charge in [0.25, 0.3) is 0 Å². The summed E-state index contributed by atoms with van der Waals surface area (Å²) in [7, 11) is 0. The zero-order valence-corrected chi connectivity index (χ0v) is 13.8. The summed E-state index contributed by atoms with van der Waals surface area (Å²) in [6.45, 7) is 2.86. The Balaban J connectivity index is 1.83. The number of nitrogens with one attached hydrogen (secondary N) is 2. The molecule has 0 spiro atoms. The fourth-order valence-corrected chi connectivity index (χ4v) is 2.50. The normalized spacial score (nSPS) is 11.8. The highest BCUT2D eigenvalue weighted by Gasteiger charge is 2.09. The van der Waals surface area contributed by atoms with Gasteiger partial charge in [-0.15, -0.1) is 0 Å². The molecule has 1 atom stereocenters. The lowest BCUT2D eigenvalue weighted by Crippen LogP contribution is -2.33. The van der Waals surface area contributed by atoms with Gasteiger partial charge in [-0.2, -0.15) is 0 Å². The molecule has 0 aliphatic heterocycles. The van der Waals surface area contributed by atoms with Crippen LogP contribution in [0.25, 0.3) is 0 Å². The largest absolute Gasteiger partial charge is 0.362 e. The second-order valence-electron chi connectivity index (χ2n) is 5.43. The molecule has 0 unspecified atom stereocenters. The summed E-state index contributed by atoms with van der Waals surface area (Å²) in [5.74, 6) is -1.32. The molecule has 0 aliphatic carbocycles. The molecule has 2 rings (SSSR count). The Morgan fingerprint density at radius 3 is 2.48 bits per heavy atom. The lowest BCUT2D eigenvalue weighted by atomic mass is 9.97. The number of benzene rings is 2. The summed E-state index contributed by atoms with van der Waals surface area (Å²) in [5.41, 5.74) is 1.72. The van der Waals surface area contributed by atoms with Crippen molar-refractivity contribution in [1.29, 1.82) is 0 Å². The average Bonchev–Trinajstić information content (AvgIpc) is 2.56. The first-order valence-electron chi connectivity index (χ1n) is 7.62. The smallest absolute Gasteiger partial charge is 0.170 e. The van der Waals surface area contributed by atoms with Crippen LogP contribution in [0, 0.1) is 17.6 Å². The van der Waals surface area contributed by atoms with Crippen molar-refractivity contribution in [3.05, 3.63) is 65.7 Å². The van der Waals surface area contributed by atoms with Crippen molar-refractivity contribution in [2.75, 3.05) is 11.9 Å². The van der Waals surface area contributed by atoms with Crippen LogP contribution in [0.3, 0.4) is 0 Å². The van der Waals surface area contributed by atoms with Crippen LogP contribution in [0.4, 0.5) is 14.5 Å². The zero-order valence-electron chi connectivity index (χ0n) is 13.0. The first kappa shape index (κ1) is 17.3. The molecule has 0 heterocycles. The SMILES string of the molecule is CC[C@H](CNC(=S)Nc1ccc(F)c(F)c1)Cc1ccccc1. The van der Waals surface area contributed by atoms with Crippen LogP contribution in [0.15, 0.2) is 48.5 Å². The number of hydrogen-bond acceptors (Lipinski definition) is 1. The zero-order chi connectivity index (χ0) is 16.7. The van der Waals surface area contributed by atoms with E-state index < -0.39 is 11.6 Å². The van der Waals surface area contributed by atoms with Crippen LogP contribution in [-0.2, 0) is 6.42 Å². The molecule has 0 aromatic heterocycles. The first-order valence-corrected chi connectivity index (χ1v) is 8.03. The molecule has 122 valence electrons. The van der Waals surface area contributed by atoms with E-state index in [0.29, 0.717) is 16.7 Å². The van der Waals surface area contributed by atoms with Gasteiger partial charge in [-0.05, 0) is 42.3 Å². The molecule has 0 radical (unpaired) electrons. The predicted octanol–water partition coefficient (Wildman–Crippen LogP) is 4.52. The fourth-order valence-electron chi connectivity index (χ4n) is 2.29. The Hall–Kier alpha value is -2.01. The maximum absolute atomic E-state index is 13.2. The standard InChI is InChI=1S/C18H20F2N2S/c1-2-13(10-14-6-4-3-5-7-14)12-21-18(23)22-15-8-9-16(19)17(20)11-15/h3-9,11,13H,2,10,12H2,1H3,(H2,21,22,23)/t13-/m0/s1. The first-order chi connectivity index (χ1) is 11.1. The van der Waals surface area contributed by atoms with Crippen molar-refractivity contribution >= 4 is 23.0 Å². The number of thiocarbonyl (C=S) groups is 1. The van der Waals surface area contributed by atoms with E-state index in [-0.39, 0.29) is 0 Å². The minimum absolute atomic E-state index is 0.405. The Morgan fingerprint density at radius 2 is 1.83 bits per heavy atom. The third-order valence-electron chi connectivity index (χ3n) is 3.67. The van der Waals surface area contributed by atoms with E-state index in [9.17, 15) is 8.78 Å². The van der Waals surface area contributed by atoms with Crippen LogP contribution < -0.4 is 10.6 Å². The van der Waals surface area contributed by atoms with Crippen LogP contribution in [0.5, 0.6) is 0 Å². The highest BCUT2D eigenvalue weighted by Crippen LogP contribution is 2.14. The van der Waals surface area contributed by atoms with E-state index >= 15 is 0 Å². The highest BCUT2D eigenvalue weighted by molar-refractivity contribution is 7.80. The Morgan fingerprint density at radius 1 is 1.09 bits per heavy atom. The van der Waals surface area contributed by atoms with Gasteiger partial charge in [-0.3, -0.25) is 0 Å². The fraction of sp³-hybridized carbons (Fsp3) is 0.278. The Bertz CT molecular complexity index is 647. The topological polar surface area (TPSA) is 24.1 Å². The highest BCUT2D eigenvalue weighted by atomic mass is 32.1. The molecule has 0 aliphatic rings. The van der Waals surface area contributed by atoms with Crippen molar-refractivity contribution < 1.29 is 8.78 Å². The van der Waals surface area contributed by atoms with Gasteiger partial charge < -0.3 is 10.6 Å². The maximum Gasteiger partial charge on any atom is 0.170 e. The number of halogens is 2. The molecule has 0 fully saturated rings. The summed E-state index contributed by atoms with van der Waals surface area (Å²) < 4.78 is 26.1. The van der Waals surface area contributed by atoms with Crippen molar-refractivity contribution in [3.8, 4) is 0 Å². The third kappa shape index (κ3) is 5.60. The van der Waals surface area contributed by atoms with E-state index in [0.717, 1.165) is 31.5 Å². The van der Waals surface area contributed by atoms with Gasteiger partial charge in [0.1, 0.15) is 0 Å². The minimum atomic E-state index is -0.895. The van der Waals surface area contributed by atoms with Crippen LogP contribution in [-0.4, -0.2) is 11.7 Å². The van der Waals surface area contributed by atoms with Crippen molar-refractivity contribution in [1.82, 2.24) is 5.32 Å². The molecule has 2 nitrogen and oxygen atoms in total. The van der Waals surface area contributed by atoms with Gasteiger partial charge in [0, 0.05) is 18.3 Å². The van der Waals surface area contributed by atoms with Gasteiger partial charge in [-0.1, -0.05) is 43.7 Å². The van der Waals surface area contributed by atoms with E-state index in [2.05, 4.69) is 29.7 Å². The number of anilines is 1. The second kappa shape index (κ2) is 8.58. The quantitative estimate of drug-likeness (QED) is 0.760.